The Kier molecular flexibility index (Phi) is 9.12. The molecule has 0 bridgehead atoms. The Bertz CT molecular complexity index is 1160. The summed E-state index contributed by atoms with van der Waals surface area (Å²) in [5.41, 5.74) is 2.05. The van der Waals surface area contributed by atoms with Crippen molar-refractivity contribution in [1.29, 1.82) is 0 Å². The van der Waals surface area contributed by atoms with Crippen molar-refractivity contribution in [3.05, 3.63) is 65.1 Å². The molecule has 0 fully saturated rings. The number of ether oxygens (including phenoxy) is 2. The standard InChI is InChI=1S/C27H32F3N3O3/c1-5-9-22-19(17-33(32-22)24-14-13-20(16-31-24)27(28,29)30)10-8-15-35-26-21(18(3)4)11-7-12-23(26)36-25(34)6-2/h7,11-14,16-18H,5-6,8-10,15H2,1-4H3. The van der Waals surface area contributed by atoms with Crippen molar-refractivity contribution >= 4 is 5.97 Å². The number of carbonyl (C=O) groups excluding carboxylic acids is 1. The molecule has 3 aromatic rings. The molecule has 0 aliphatic rings. The summed E-state index contributed by atoms with van der Waals surface area (Å²) in [6, 6.07) is 7.87. The van der Waals surface area contributed by atoms with E-state index in [1.807, 2.05) is 39.1 Å². The predicted molar refractivity (Wildman–Crippen MR) is 131 cm³/mol. The van der Waals surface area contributed by atoms with E-state index in [1.54, 1.807) is 13.0 Å². The minimum Gasteiger partial charge on any atom is -0.489 e. The minimum atomic E-state index is -4.43. The molecule has 0 radical (unpaired) electrons. The van der Waals surface area contributed by atoms with Gasteiger partial charge in [-0.25, -0.2) is 9.67 Å². The number of benzene rings is 1. The van der Waals surface area contributed by atoms with Crippen LogP contribution in [0.4, 0.5) is 13.2 Å². The van der Waals surface area contributed by atoms with Crippen LogP contribution in [0.25, 0.3) is 5.82 Å². The number of pyridine rings is 1. The maximum atomic E-state index is 12.9. The fourth-order valence-corrected chi connectivity index (χ4v) is 3.76. The normalized spacial score (nSPS) is 11.7. The number of carbonyl (C=O) groups is 1. The fourth-order valence-electron chi connectivity index (χ4n) is 3.76. The van der Waals surface area contributed by atoms with Gasteiger partial charge in [-0.1, -0.05) is 46.2 Å². The number of nitrogens with zero attached hydrogens (tertiary/aromatic N) is 3. The topological polar surface area (TPSA) is 66.2 Å². The maximum absolute atomic E-state index is 12.9. The molecule has 36 heavy (non-hydrogen) atoms. The molecule has 194 valence electrons. The second-order valence-electron chi connectivity index (χ2n) is 8.81. The van der Waals surface area contributed by atoms with E-state index in [0.29, 0.717) is 36.8 Å². The molecule has 0 amide bonds. The molecule has 0 aliphatic heterocycles. The van der Waals surface area contributed by atoms with Gasteiger partial charge in [-0.2, -0.15) is 18.3 Å². The van der Waals surface area contributed by atoms with Gasteiger partial charge in [-0.3, -0.25) is 4.79 Å². The lowest BCUT2D eigenvalue weighted by molar-refractivity contribution is -0.138. The average molecular weight is 504 g/mol. The highest BCUT2D eigenvalue weighted by Crippen LogP contribution is 2.36. The minimum absolute atomic E-state index is 0.186. The van der Waals surface area contributed by atoms with Crippen molar-refractivity contribution in [2.75, 3.05) is 6.61 Å². The van der Waals surface area contributed by atoms with Crippen LogP contribution in [-0.4, -0.2) is 27.3 Å². The zero-order valence-electron chi connectivity index (χ0n) is 21.1. The predicted octanol–water partition coefficient (Wildman–Crippen LogP) is 6.69. The quantitative estimate of drug-likeness (QED) is 0.166. The first-order chi connectivity index (χ1) is 17.1. The molecular weight excluding hydrogens is 471 g/mol. The van der Waals surface area contributed by atoms with Crippen molar-refractivity contribution in [2.45, 2.75) is 71.9 Å². The molecule has 0 spiro atoms. The summed E-state index contributed by atoms with van der Waals surface area (Å²) in [6.45, 7) is 8.28. The molecular formula is C27H32F3N3O3. The van der Waals surface area contributed by atoms with Gasteiger partial charge < -0.3 is 9.47 Å². The van der Waals surface area contributed by atoms with Crippen LogP contribution in [0.1, 0.15) is 75.3 Å². The number of hydrogen-bond donors (Lipinski definition) is 0. The zero-order valence-corrected chi connectivity index (χ0v) is 21.1. The number of alkyl halides is 3. The third kappa shape index (κ3) is 6.86. The van der Waals surface area contributed by atoms with Crippen LogP contribution in [0.3, 0.4) is 0 Å². The van der Waals surface area contributed by atoms with Crippen molar-refractivity contribution in [3.8, 4) is 17.3 Å². The van der Waals surface area contributed by atoms with E-state index < -0.39 is 11.7 Å². The highest BCUT2D eigenvalue weighted by atomic mass is 19.4. The SMILES string of the molecule is CCCc1nn(-c2ccc(C(F)(F)F)cn2)cc1CCCOc1c(OC(=O)CC)cccc1C(C)C. The molecule has 0 aliphatic carbocycles. The molecule has 9 heteroatoms. The Morgan fingerprint density at radius 2 is 1.89 bits per heavy atom. The largest absolute Gasteiger partial charge is 0.489 e. The number of halogens is 3. The third-order valence-corrected chi connectivity index (χ3v) is 5.65. The maximum Gasteiger partial charge on any atom is 0.417 e. The number of hydrogen-bond acceptors (Lipinski definition) is 5. The first-order valence-corrected chi connectivity index (χ1v) is 12.2. The van der Waals surface area contributed by atoms with Crippen LogP contribution >= 0.6 is 0 Å². The summed E-state index contributed by atoms with van der Waals surface area (Å²) in [6.07, 6.45) is 1.45. The van der Waals surface area contributed by atoms with E-state index in [1.165, 1.54) is 10.7 Å². The number of rotatable bonds is 11. The van der Waals surface area contributed by atoms with Gasteiger partial charge in [-0.15, -0.1) is 0 Å². The molecule has 2 aromatic heterocycles. The summed E-state index contributed by atoms with van der Waals surface area (Å²) in [5, 5.41) is 4.57. The van der Waals surface area contributed by atoms with E-state index in [4.69, 9.17) is 9.47 Å². The third-order valence-electron chi connectivity index (χ3n) is 5.65. The molecule has 3 rings (SSSR count). The van der Waals surface area contributed by atoms with Crippen LogP contribution in [-0.2, 0) is 23.8 Å². The van der Waals surface area contributed by atoms with Gasteiger partial charge in [0.1, 0.15) is 0 Å². The van der Waals surface area contributed by atoms with E-state index in [9.17, 15) is 18.0 Å². The summed E-state index contributed by atoms with van der Waals surface area (Å²) in [5.74, 6) is 1.19. The van der Waals surface area contributed by atoms with E-state index >= 15 is 0 Å². The lowest BCUT2D eigenvalue weighted by atomic mass is 10.0. The van der Waals surface area contributed by atoms with Gasteiger partial charge in [-0.05, 0) is 48.9 Å². The molecule has 0 saturated carbocycles. The number of esters is 1. The summed E-state index contributed by atoms with van der Waals surface area (Å²) in [7, 11) is 0. The monoisotopic (exact) mass is 503 g/mol. The van der Waals surface area contributed by atoms with Crippen molar-refractivity contribution in [3.63, 3.8) is 0 Å². The Balaban J connectivity index is 1.72. The van der Waals surface area contributed by atoms with Gasteiger partial charge in [0.15, 0.2) is 17.3 Å². The zero-order chi connectivity index (χ0) is 26.3. The molecule has 2 heterocycles. The second-order valence-corrected chi connectivity index (χ2v) is 8.81. The fraction of sp³-hybridized carbons (Fsp3) is 0.444. The van der Waals surface area contributed by atoms with Crippen LogP contribution in [0.2, 0.25) is 0 Å². The molecule has 0 saturated heterocycles. The van der Waals surface area contributed by atoms with Crippen LogP contribution < -0.4 is 9.47 Å². The summed E-state index contributed by atoms with van der Waals surface area (Å²) < 4.78 is 51.7. The number of aromatic nitrogens is 3. The highest BCUT2D eigenvalue weighted by Gasteiger charge is 2.30. The number of aryl methyl sites for hydroxylation is 2. The molecule has 0 atom stereocenters. The Hall–Kier alpha value is -3.36. The first kappa shape index (κ1) is 27.2. The van der Waals surface area contributed by atoms with Crippen LogP contribution in [0.15, 0.2) is 42.7 Å². The smallest absolute Gasteiger partial charge is 0.417 e. The summed E-state index contributed by atoms with van der Waals surface area (Å²) >= 11 is 0. The van der Waals surface area contributed by atoms with Crippen LogP contribution in [0, 0.1) is 0 Å². The van der Waals surface area contributed by atoms with Crippen LogP contribution in [0.5, 0.6) is 11.5 Å². The van der Waals surface area contributed by atoms with Gasteiger partial charge in [0.05, 0.1) is 17.9 Å². The van der Waals surface area contributed by atoms with Gasteiger partial charge in [0.2, 0.25) is 0 Å². The van der Waals surface area contributed by atoms with Crippen molar-refractivity contribution in [2.24, 2.45) is 0 Å². The Morgan fingerprint density at radius 1 is 1.11 bits per heavy atom. The Morgan fingerprint density at radius 3 is 2.50 bits per heavy atom. The van der Waals surface area contributed by atoms with E-state index in [2.05, 4.69) is 10.1 Å². The van der Waals surface area contributed by atoms with Crippen molar-refractivity contribution < 1.29 is 27.4 Å². The molecule has 1 aromatic carbocycles. The highest BCUT2D eigenvalue weighted by molar-refractivity contribution is 5.73. The van der Waals surface area contributed by atoms with Crippen molar-refractivity contribution in [1.82, 2.24) is 14.8 Å². The van der Waals surface area contributed by atoms with Gasteiger partial charge in [0, 0.05) is 24.4 Å². The summed E-state index contributed by atoms with van der Waals surface area (Å²) in [4.78, 5) is 15.8. The van der Waals surface area contributed by atoms with E-state index in [0.717, 1.165) is 41.9 Å². The Labute approximate surface area is 209 Å². The second kappa shape index (κ2) is 12.1. The molecule has 0 unspecified atom stereocenters. The number of para-hydroxylation sites is 1. The molecule has 6 nitrogen and oxygen atoms in total. The van der Waals surface area contributed by atoms with Gasteiger partial charge in [0.25, 0.3) is 0 Å². The van der Waals surface area contributed by atoms with E-state index in [-0.39, 0.29) is 18.3 Å². The lowest BCUT2D eigenvalue weighted by Gasteiger charge is -2.17. The lowest BCUT2D eigenvalue weighted by Crippen LogP contribution is -2.10. The van der Waals surface area contributed by atoms with Gasteiger partial charge >= 0.3 is 12.1 Å². The molecule has 0 N–H and O–H groups in total. The first-order valence-electron chi connectivity index (χ1n) is 12.2. The average Bonchev–Trinajstić information content (AvgIpc) is 3.24.